The molecule has 0 heterocycles. The summed E-state index contributed by atoms with van der Waals surface area (Å²) >= 11 is 0. The molecule has 0 aromatic rings. The molecule has 0 aliphatic heterocycles. The summed E-state index contributed by atoms with van der Waals surface area (Å²) in [6.45, 7) is 1.88. The Labute approximate surface area is 138 Å². The normalized spacial score (nSPS) is 26.0. The number of aliphatic carboxylic acids is 1. The number of Topliss-reactive ketones (excluding diaryl/α,β-unsaturated/α-hetero) is 1. The Bertz CT molecular complexity index is 404. The third-order valence-corrected chi connectivity index (χ3v) is 4.62. The van der Waals surface area contributed by atoms with Crippen molar-refractivity contribution in [2.45, 2.75) is 76.9 Å². The zero-order chi connectivity index (χ0) is 17.2. The molecule has 0 aromatic heterocycles. The Kier molecular flexibility index (Phi) is 9.10. The number of unbranched alkanes of at least 4 members (excludes halogenated alkanes) is 4. The molecule has 1 rings (SSSR count). The van der Waals surface area contributed by atoms with Crippen molar-refractivity contribution in [1.29, 1.82) is 0 Å². The van der Waals surface area contributed by atoms with Crippen LogP contribution in [0.2, 0.25) is 0 Å². The first-order valence-electron chi connectivity index (χ1n) is 8.74. The van der Waals surface area contributed by atoms with Crippen LogP contribution < -0.4 is 0 Å². The topological polar surface area (TPSA) is 94.8 Å². The van der Waals surface area contributed by atoms with Crippen molar-refractivity contribution >= 4 is 11.8 Å². The highest BCUT2D eigenvalue weighted by Gasteiger charge is 2.39. The first-order valence-corrected chi connectivity index (χ1v) is 8.74. The first kappa shape index (κ1) is 19.8. The lowest BCUT2D eigenvalue weighted by Crippen LogP contribution is -2.19. The number of rotatable bonds is 11. The molecule has 132 valence electrons. The Balaban J connectivity index is 2.33. The minimum atomic E-state index is -0.749. The molecule has 1 aliphatic carbocycles. The molecule has 5 heteroatoms. The van der Waals surface area contributed by atoms with E-state index in [0.717, 1.165) is 32.1 Å². The van der Waals surface area contributed by atoms with Gasteiger partial charge in [-0.2, -0.15) is 0 Å². The third kappa shape index (κ3) is 7.27. The summed E-state index contributed by atoms with van der Waals surface area (Å²) in [7, 11) is 0. The number of hydrogen-bond donors (Lipinski definition) is 3. The van der Waals surface area contributed by atoms with Gasteiger partial charge in [0.15, 0.2) is 0 Å². The van der Waals surface area contributed by atoms with Crippen molar-refractivity contribution in [3.8, 4) is 0 Å². The number of carboxylic acids is 1. The van der Waals surface area contributed by atoms with E-state index in [4.69, 9.17) is 5.11 Å². The molecule has 0 amide bonds. The van der Waals surface area contributed by atoms with Crippen molar-refractivity contribution in [2.24, 2.45) is 11.8 Å². The van der Waals surface area contributed by atoms with Gasteiger partial charge in [0.25, 0.3) is 0 Å². The molecule has 1 aliphatic rings. The molecule has 4 atom stereocenters. The summed E-state index contributed by atoms with van der Waals surface area (Å²) in [6, 6.07) is 0. The van der Waals surface area contributed by atoms with Crippen molar-refractivity contribution in [3.63, 3.8) is 0 Å². The maximum Gasteiger partial charge on any atom is 0.303 e. The van der Waals surface area contributed by atoms with Gasteiger partial charge in [0.1, 0.15) is 5.78 Å². The zero-order valence-electron chi connectivity index (χ0n) is 14.0. The summed E-state index contributed by atoms with van der Waals surface area (Å²) in [5, 5.41) is 28.2. The molecule has 0 spiro atoms. The van der Waals surface area contributed by atoms with Crippen molar-refractivity contribution in [3.05, 3.63) is 12.2 Å². The monoisotopic (exact) mass is 326 g/mol. The highest BCUT2D eigenvalue weighted by atomic mass is 16.4. The van der Waals surface area contributed by atoms with Crippen LogP contribution in [0.3, 0.4) is 0 Å². The van der Waals surface area contributed by atoms with Gasteiger partial charge in [-0.3, -0.25) is 9.59 Å². The second-order valence-electron chi connectivity index (χ2n) is 6.49. The smallest absolute Gasteiger partial charge is 0.303 e. The molecule has 3 N–H and O–H groups in total. The quantitative estimate of drug-likeness (QED) is 0.401. The molecule has 1 fully saturated rings. The largest absolute Gasteiger partial charge is 0.481 e. The van der Waals surface area contributed by atoms with Crippen molar-refractivity contribution in [2.75, 3.05) is 0 Å². The minimum absolute atomic E-state index is 0.0539. The SMILES string of the molecule is CC[C@@H](O)/C=C/[C@H]1C(=O)C[C@@H](O)[C@H]1CCCCCCCC(=O)O. The summed E-state index contributed by atoms with van der Waals surface area (Å²) in [6.07, 6.45) is 8.69. The average molecular weight is 326 g/mol. The van der Waals surface area contributed by atoms with Crippen molar-refractivity contribution in [1.82, 2.24) is 0 Å². The number of allylic oxidation sites excluding steroid dienone is 1. The first-order chi connectivity index (χ1) is 11.0. The van der Waals surface area contributed by atoms with Crippen LogP contribution in [0, 0.1) is 11.8 Å². The molecule has 23 heavy (non-hydrogen) atoms. The van der Waals surface area contributed by atoms with E-state index in [-0.39, 0.29) is 30.5 Å². The van der Waals surface area contributed by atoms with E-state index in [1.165, 1.54) is 0 Å². The second kappa shape index (κ2) is 10.6. The number of ketones is 1. The maximum absolute atomic E-state index is 12.0. The van der Waals surface area contributed by atoms with E-state index in [1.54, 1.807) is 12.2 Å². The highest BCUT2D eigenvalue weighted by Crippen LogP contribution is 2.34. The van der Waals surface area contributed by atoms with E-state index >= 15 is 0 Å². The molecule has 1 saturated carbocycles. The number of aliphatic hydroxyl groups excluding tert-OH is 2. The molecule has 0 aromatic carbocycles. The number of carbonyl (C=O) groups excluding carboxylic acids is 1. The van der Waals surface area contributed by atoms with Gasteiger partial charge >= 0.3 is 5.97 Å². The fourth-order valence-electron chi connectivity index (χ4n) is 3.16. The minimum Gasteiger partial charge on any atom is -0.481 e. The number of aliphatic hydroxyl groups is 2. The lowest BCUT2D eigenvalue weighted by Gasteiger charge is -2.18. The molecule has 0 unspecified atom stereocenters. The van der Waals surface area contributed by atoms with Gasteiger partial charge in [-0.15, -0.1) is 0 Å². The van der Waals surface area contributed by atoms with E-state index in [1.807, 2.05) is 6.92 Å². The maximum atomic E-state index is 12.0. The molecule has 0 bridgehead atoms. The lowest BCUT2D eigenvalue weighted by atomic mass is 9.88. The average Bonchev–Trinajstić information content (AvgIpc) is 2.77. The summed E-state index contributed by atoms with van der Waals surface area (Å²) < 4.78 is 0. The fraction of sp³-hybridized carbons (Fsp3) is 0.778. The van der Waals surface area contributed by atoms with Gasteiger partial charge in [0.2, 0.25) is 0 Å². The third-order valence-electron chi connectivity index (χ3n) is 4.62. The van der Waals surface area contributed by atoms with Gasteiger partial charge in [-0.05, 0) is 25.2 Å². The highest BCUT2D eigenvalue weighted by molar-refractivity contribution is 5.85. The van der Waals surface area contributed by atoms with Gasteiger partial charge in [-0.1, -0.05) is 44.8 Å². The van der Waals surface area contributed by atoms with Gasteiger partial charge in [0.05, 0.1) is 12.2 Å². The summed E-state index contributed by atoms with van der Waals surface area (Å²) in [5.74, 6) is -1.02. The second-order valence-corrected chi connectivity index (χ2v) is 6.49. The Morgan fingerprint density at radius 2 is 1.91 bits per heavy atom. The van der Waals surface area contributed by atoms with Gasteiger partial charge in [-0.25, -0.2) is 0 Å². The number of hydrogen-bond acceptors (Lipinski definition) is 4. The molecular formula is C18H30O5. The summed E-state index contributed by atoms with van der Waals surface area (Å²) in [5.41, 5.74) is 0. The standard InChI is InChI=1S/C18H30O5/c1-2-13(19)10-11-15-14(16(20)12-17(15)21)8-6-4-3-5-7-9-18(22)23/h10-11,13-16,19-20H,2-9,12H2,1H3,(H,22,23)/b11-10+/t13-,14+,15-,16-/m1/s1. The predicted molar refractivity (Wildman–Crippen MR) is 88.0 cm³/mol. The predicted octanol–water partition coefficient (Wildman–Crippen LogP) is 2.69. The van der Waals surface area contributed by atoms with Crippen LogP contribution >= 0.6 is 0 Å². The van der Waals surface area contributed by atoms with Gasteiger partial charge in [0, 0.05) is 18.8 Å². The molecule has 5 nitrogen and oxygen atoms in total. The van der Waals surface area contributed by atoms with E-state index in [0.29, 0.717) is 12.8 Å². The Morgan fingerprint density at radius 3 is 2.57 bits per heavy atom. The van der Waals surface area contributed by atoms with E-state index in [2.05, 4.69) is 0 Å². The molecular weight excluding hydrogens is 296 g/mol. The van der Waals surface area contributed by atoms with Crippen LogP contribution in [0.5, 0.6) is 0 Å². The molecule has 0 radical (unpaired) electrons. The van der Waals surface area contributed by atoms with Gasteiger partial charge < -0.3 is 15.3 Å². The lowest BCUT2D eigenvalue weighted by molar-refractivity contribution is -0.137. The van der Waals surface area contributed by atoms with Crippen LogP contribution in [0.15, 0.2) is 12.2 Å². The van der Waals surface area contributed by atoms with Crippen LogP contribution in [-0.2, 0) is 9.59 Å². The molecule has 0 saturated heterocycles. The van der Waals surface area contributed by atoms with Crippen LogP contribution in [-0.4, -0.2) is 39.3 Å². The van der Waals surface area contributed by atoms with Crippen LogP contribution in [0.4, 0.5) is 0 Å². The Morgan fingerprint density at radius 1 is 1.26 bits per heavy atom. The number of carboxylic acid groups (broad SMARTS) is 1. The zero-order valence-corrected chi connectivity index (χ0v) is 14.0. The fourth-order valence-corrected chi connectivity index (χ4v) is 3.16. The van der Waals surface area contributed by atoms with Crippen LogP contribution in [0.25, 0.3) is 0 Å². The van der Waals surface area contributed by atoms with E-state index < -0.39 is 18.2 Å². The van der Waals surface area contributed by atoms with E-state index in [9.17, 15) is 19.8 Å². The number of carbonyl (C=O) groups is 2. The Hall–Kier alpha value is -1.20. The summed E-state index contributed by atoms with van der Waals surface area (Å²) in [4.78, 5) is 22.4. The van der Waals surface area contributed by atoms with Crippen LogP contribution in [0.1, 0.15) is 64.7 Å². The van der Waals surface area contributed by atoms with Crippen molar-refractivity contribution < 1.29 is 24.9 Å².